The molecule has 0 aromatic carbocycles. The van der Waals surface area contributed by atoms with Gasteiger partial charge in [0.15, 0.2) is 0 Å². The molecule has 0 saturated heterocycles. The molecule has 0 fully saturated rings. The average molecular weight is 227 g/mol. The summed E-state index contributed by atoms with van der Waals surface area (Å²) < 4.78 is 0. The van der Waals surface area contributed by atoms with Crippen LogP contribution in [0.25, 0.3) is 0 Å². The third-order valence-electron chi connectivity index (χ3n) is 2.77. The topological polar surface area (TPSA) is 63.3 Å². The second kappa shape index (κ2) is 9.40. The van der Waals surface area contributed by atoms with Crippen LogP contribution in [0.4, 0.5) is 0 Å². The van der Waals surface area contributed by atoms with E-state index in [-0.39, 0.29) is 18.4 Å². The van der Waals surface area contributed by atoms with E-state index in [0.717, 1.165) is 38.5 Å². The van der Waals surface area contributed by atoms with E-state index in [1.54, 1.807) is 0 Å². The van der Waals surface area contributed by atoms with Crippen LogP contribution in [0, 0.1) is 5.92 Å². The van der Waals surface area contributed by atoms with Gasteiger partial charge in [-0.15, -0.1) is 0 Å². The molecule has 0 aliphatic carbocycles. The molecule has 3 nitrogen and oxygen atoms in total. The number of primary amides is 1. The highest BCUT2D eigenvalue weighted by atomic mass is 16.3. The lowest BCUT2D eigenvalue weighted by atomic mass is 9.92. The highest BCUT2D eigenvalue weighted by Gasteiger charge is 2.17. The number of nitrogens with two attached hydrogens (primary N) is 1. The molecule has 1 amide bonds. The van der Waals surface area contributed by atoms with Crippen LogP contribution in [-0.4, -0.2) is 17.6 Å². The standard InChI is InChI=1S/C13H25NO2/c1-3-5-7-9-12(13(14)16)11(10-15)8-6-4-2/h9,11,15H,3-8,10H2,1-2H3,(H2,14,16)/b12-9+. The van der Waals surface area contributed by atoms with Gasteiger partial charge in [-0.2, -0.15) is 0 Å². The first-order chi connectivity index (χ1) is 7.67. The minimum atomic E-state index is -0.383. The summed E-state index contributed by atoms with van der Waals surface area (Å²) >= 11 is 0. The van der Waals surface area contributed by atoms with Crippen LogP contribution in [0.1, 0.15) is 52.4 Å². The van der Waals surface area contributed by atoms with Crippen molar-refractivity contribution < 1.29 is 9.90 Å². The Morgan fingerprint density at radius 1 is 1.31 bits per heavy atom. The Hall–Kier alpha value is -0.830. The van der Waals surface area contributed by atoms with Gasteiger partial charge in [0.1, 0.15) is 0 Å². The number of hydrogen-bond donors (Lipinski definition) is 2. The molecular formula is C13H25NO2. The average Bonchev–Trinajstić information content (AvgIpc) is 2.27. The van der Waals surface area contributed by atoms with E-state index in [0.29, 0.717) is 5.57 Å². The van der Waals surface area contributed by atoms with E-state index in [2.05, 4.69) is 13.8 Å². The molecule has 3 heteroatoms. The Kier molecular flexibility index (Phi) is 8.91. The maximum atomic E-state index is 11.3. The normalized spacial score (nSPS) is 13.8. The fourth-order valence-electron chi connectivity index (χ4n) is 1.73. The maximum absolute atomic E-state index is 11.3. The quantitative estimate of drug-likeness (QED) is 0.469. The van der Waals surface area contributed by atoms with E-state index in [4.69, 9.17) is 5.73 Å². The fourth-order valence-corrected chi connectivity index (χ4v) is 1.73. The van der Waals surface area contributed by atoms with Crippen molar-refractivity contribution in [3.8, 4) is 0 Å². The molecule has 16 heavy (non-hydrogen) atoms. The monoisotopic (exact) mass is 227 g/mol. The van der Waals surface area contributed by atoms with Crippen LogP contribution in [0.15, 0.2) is 11.6 Å². The molecule has 0 aromatic heterocycles. The van der Waals surface area contributed by atoms with E-state index < -0.39 is 0 Å². The Labute approximate surface area is 98.7 Å². The number of hydrogen-bond acceptors (Lipinski definition) is 2. The molecule has 0 bridgehead atoms. The predicted molar refractivity (Wildman–Crippen MR) is 66.9 cm³/mol. The molecule has 0 aromatic rings. The zero-order valence-electron chi connectivity index (χ0n) is 10.5. The van der Waals surface area contributed by atoms with Crippen molar-refractivity contribution in [1.82, 2.24) is 0 Å². The predicted octanol–water partition coefficient (Wildman–Crippen LogP) is 2.39. The van der Waals surface area contributed by atoms with E-state index >= 15 is 0 Å². The lowest BCUT2D eigenvalue weighted by Gasteiger charge is -2.15. The third-order valence-corrected chi connectivity index (χ3v) is 2.77. The molecule has 0 heterocycles. The first kappa shape index (κ1) is 15.2. The molecule has 94 valence electrons. The van der Waals surface area contributed by atoms with Gasteiger partial charge < -0.3 is 10.8 Å². The van der Waals surface area contributed by atoms with Gasteiger partial charge in [-0.25, -0.2) is 0 Å². The van der Waals surface area contributed by atoms with Crippen molar-refractivity contribution >= 4 is 5.91 Å². The van der Waals surface area contributed by atoms with Gasteiger partial charge >= 0.3 is 0 Å². The van der Waals surface area contributed by atoms with E-state index in [1.165, 1.54) is 0 Å². The number of allylic oxidation sites excluding steroid dienone is 1. The van der Waals surface area contributed by atoms with Crippen molar-refractivity contribution in [2.45, 2.75) is 52.4 Å². The lowest BCUT2D eigenvalue weighted by molar-refractivity contribution is -0.115. The summed E-state index contributed by atoms with van der Waals surface area (Å²) in [6.45, 7) is 4.22. The van der Waals surface area contributed by atoms with Gasteiger partial charge in [-0.1, -0.05) is 45.6 Å². The number of carbonyl (C=O) groups excluding carboxylic acids is 1. The number of carbonyl (C=O) groups is 1. The van der Waals surface area contributed by atoms with Crippen molar-refractivity contribution in [1.29, 1.82) is 0 Å². The smallest absolute Gasteiger partial charge is 0.244 e. The molecule has 0 saturated carbocycles. The number of unbranched alkanes of at least 4 members (excludes halogenated alkanes) is 3. The zero-order chi connectivity index (χ0) is 12.4. The number of aliphatic hydroxyl groups is 1. The zero-order valence-corrected chi connectivity index (χ0v) is 10.5. The van der Waals surface area contributed by atoms with Gasteiger partial charge in [0.05, 0.1) is 6.61 Å². The van der Waals surface area contributed by atoms with Crippen LogP contribution in [0.5, 0.6) is 0 Å². The molecule has 0 spiro atoms. The third kappa shape index (κ3) is 5.91. The highest BCUT2D eigenvalue weighted by molar-refractivity contribution is 5.92. The van der Waals surface area contributed by atoms with Crippen molar-refractivity contribution in [2.24, 2.45) is 11.7 Å². The van der Waals surface area contributed by atoms with E-state index in [9.17, 15) is 9.90 Å². The number of rotatable bonds is 9. The van der Waals surface area contributed by atoms with Crippen LogP contribution in [0.2, 0.25) is 0 Å². The largest absolute Gasteiger partial charge is 0.396 e. The molecular weight excluding hydrogens is 202 g/mol. The molecule has 1 atom stereocenters. The molecule has 0 radical (unpaired) electrons. The minimum Gasteiger partial charge on any atom is -0.396 e. The Morgan fingerprint density at radius 3 is 2.38 bits per heavy atom. The summed E-state index contributed by atoms with van der Waals surface area (Å²) in [5.74, 6) is -0.458. The molecule has 0 aliphatic rings. The molecule has 0 aliphatic heterocycles. The van der Waals surface area contributed by atoms with Crippen LogP contribution >= 0.6 is 0 Å². The fraction of sp³-hybridized carbons (Fsp3) is 0.769. The highest BCUT2D eigenvalue weighted by Crippen LogP contribution is 2.18. The summed E-state index contributed by atoms with van der Waals surface area (Å²) in [6, 6.07) is 0. The van der Waals surface area contributed by atoms with Gasteiger partial charge in [-0.05, 0) is 12.8 Å². The van der Waals surface area contributed by atoms with E-state index in [1.807, 2.05) is 6.08 Å². The van der Waals surface area contributed by atoms with Crippen molar-refractivity contribution in [3.63, 3.8) is 0 Å². The van der Waals surface area contributed by atoms with Crippen molar-refractivity contribution in [2.75, 3.05) is 6.61 Å². The summed E-state index contributed by atoms with van der Waals surface area (Å²) in [7, 11) is 0. The first-order valence-electron chi connectivity index (χ1n) is 6.28. The second-order valence-electron chi connectivity index (χ2n) is 4.19. The summed E-state index contributed by atoms with van der Waals surface area (Å²) in [5, 5.41) is 9.28. The first-order valence-corrected chi connectivity index (χ1v) is 6.28. The Balaban J connectivity index is 4.45. The maximum Gasteiger partial charge on any atom is 0.244 e. The van der Waals surface area contributed by atoms with Crippen LogP contribution in [-0.2, 0) is 4.79 Å². The second-order valence-corrected chi connectivity index (χ2v) is 4.19. The van der Waals surface area contributed by atoms with Crippen LogP contribution in [0.3, 0.4) is 0 Å². The SMILES string of the molecule is CCCC/C=C(/C(N)=O)C(CO)CCCC. The van der Waals surface area contributed by atoms with Gasteiger partial charge in [0.2, 0.25) is 5.91 Å². The van der Waals surface area contributed by atoms with Gasteiger partial charge in [-0.3, -0.25) is 4.79 Å². The lowest BCUT2D eigenvalue weighted by Crippen LogP contribution is -2.23. The number of amides is 1. The van der Waals surface area contributed by atoms with Gasteiger partial charge in [0, 0.05) is 11.5 Å². The minimum absolute atomic E-state index is 0.0148. The summed E-state index contributed by atoms with van der Waals surface area (Å²) in [5.41, 5.74) is 5.96. The molecule has 1 unspecified atom stereocenters. The molecule has 3 N–H and O–H groups in total. The Bertz CT molecular complexity index is 224. The summed E-state index contributed by atoms with van der Waals surface area (Å²) in [4.78, 5) is 11.3. The van der Waals surface area contributed by atoms with Crippen molar-refractivity contribution in [3.05, 3.63) is 11.6 Å². The number of aliphatic hydroxyl groups excluding tert-OH is 1. The van der Waals surface area contributed by atoms with Crippen LogP contribution < -0.4 is 5.73 Å². The Morgan fingerprint density at radius 2 is 1.94 bits per heavy atom. The summed E-state index contributed by atoms with van der Waals surface area (Å²) in [6.07, 6.45) is 7.86. The molecule has 0 rings (SSSR count). The van der Waals surface area contributed by atoms with Gasteiger partial charge in [0.25, 0.3) is 0 Å².